The zero-order valence-electron chi connectivity index (χ0n) is 12.8. The third kappa shape index (κ3) is 2.99. The molecule has 2 heterocycles. The molecule has 3 unspecified atom stereocenters. The highest BCUT2D eigenvalue weighted by molar-refractivity contribution is 5.15. The summed E-state index contributed by atoms with van der Waals surface area (Å²) in [5, 5.41) is 10.3. The normalized spacial score (nSPS) is 34.0. The van der Waals surface area contributed by atoms with Gasteiger partial charge in [0.1, 0.15) is 0 Å². The first-order valence-electron chi connectivity index (χ1n) is 7.80. The Morgan fingerprint density at radius 3 is 2.76 bits per heavy atom. The molecule has 2 fully saturated rings. The van der Waals surface area contributed by atoms with Gasteiger partial charge in [-0.05, 0) is 26.3 Å². The van der Waals surface area contributed by atoms with Gasteiger partial charge in [0.25, 0.3) is 0 Å². The van der Waals surface area contributed by atoms with E-state index < -0.39 is 6.29 Å². The van der Waals surface area contributed by atoms with Crippen LogP contribution in [0.5, 0.6) is 0 Å². The predicted octanol–water partition coefficient (Wildman–Crippen LogP) is 2.19. The lowest BCUT2D eigenvalue weighted by Gasteiger charge is -2.43. The summed E-state index contributed by atoms with van der Waals surface area (Å²) in [4.78, 5) is 2.47. The van der Waals surface area contributed by atoms with Crippen LogP contribution in [-0.4, -0.2) is 49.0 Å². The molecule has 1 aromatic carbocycles. The first kappa shape index (κ1) is 15.0. The van der Waals surface area contributed by atoms with E-state index >= 15 is 0 Å². The number of ether oxygens (including phenoxy) is 2. The number of benzene rings is 1. The number of rotatable bonds is 5. The highest BCUT2D eigenvalue weighted by Gasteiger charge is 2.46. The van der Waals surface area contributed by atoms with Crippen molar-refractivity contribution in [3.63, 3.8) is 0 Å². The molecule has 0 amide bonds. The summed E-state index contributed by atoms with van der Waals surface area (Å²) in [5.41, 5.74) is 0.819. The van der Waals surface area contributed by atoms with Gasteiger partial charge >= 0.3 is 0 Å². The second-order valence-corrected chi connectivity index (χ2v) is 6.26. The second-order valence-electron chi connectivity index (χ2n) is 6.26. The van der Waals surface area contributed by atoms with Crippen LogP contribution in [-0.2, 0) is 9.47 Å². The Morgan fingerprint density at radius 1 is 1.29 bits per heavy atom. The van der Waals surface area contributed by atoms with E-state index in [4.69, 9.17) is 9.47 Å². The molecule has 5 atom stereocenters. The van der Waals surface area contributed by atoms with Crippen LogP contribution >= 0.6 is 0 Å². The van der Waals surface area contributed by atoms with E-state index in [9.17, 15) is 5.11 Å². The van der Waals surface area contributed by atoms with E-state index in [-0.39, 0.29) is 6.10 Å². The lowest BCUT2D eigenvalue weighted by molar-refractivity contribution is -0.182. The Kier molecular flexibility index (Phi) is 4.60. The summed E-state index contributed by atoms with van der Waals surface area (Å²) >= 11 is 0. The summed E-state index contributed by atoms with van der Waals surface area (Å²) in [6.45, 7) is 0.688. The average Bonchev–Trinajstić information content (AvgIpc) is 2.75. The molecule has 0 saturated carbocycles. The van der Waals surface area contributed by atoms with Gasteiger partial charge < -0.3 is 14.6 Å². The average molecular weight is 291 g/mol. The fourth-order valence-electron chi connectivity index (χ4n) is 3.96. The summed E-state index contributed by atoms with van der Waals surface area (Å²) in [5.74, 6) is 0.331. The fourth-order valence-corrected chi connectivity index (χ4v) is 3.96. The summed E-state index contributed by atoms with van der Waals surface area (Å²) in [7, 11) is 3.95. The van der Waals surface area contributed by atoms with Gasteiger partial charge in [-0.25, -0.2) is 0 Å². The van der Waals surface area contributed by atoms with Crippen molar-refractivity contribution < 1.29 is 14.6 Å². The number of fused-ring (bicyclic) bond motifs is 2. The topological polar surface area (TPSA) is 41.9 Å². The van der Waals surface area contributed by atoms with Crippen molar-refractivity contribution in [3.8, 4) is 0 Å². The van der Waals surface area contributed by atoms with Gasteiger partial charge in [0.05, 0.1) is 12.7 Å². The minimum Gasteiger partial charge on any atom is -0.384 e. The highest BCUT2D eigenvalue weighted by atomic mass is 16.6. The molecule has 2 aliphatic heterocycles. The van der Waals surface area contributed by atoms with Gasteiger partial charge in [-0.2, -0.15) is 0 Å². The maximum atomic E-state index is 10.3. The van der Waals surface area contributed by atoms with Gasteiger partial charge in [-0.15, -0.1) is 0 Å². The molecule has 1 aromatic rings. The molecule has 4 nitrogen and oxygen atoms in total. The number of hydrogen-bond donors (Lipinski definition) is 1. The summed E-state index contributed by atoms with van der Waals surface area (Å²) < 4.78 is 11.4. The number of nitrogens with zero attached hydrogens (tertiary/aromatic N) is 1. The van der Waals surface area contributed by atoms with Crippen molar-refractivity contribution >= 4 is 0 Å². The first-order chi connectivity index (χ1) is 10.2. The SMILES string of the molecule is COCC1C2CC[C@@H](C[C@@H]1OC(O)c1ccccc1)N2C. The Hall–Kier alpha value is -0.940. The van der Waals surface area contributed by atoms with Crippen LogP contribution < -0.4 is 0 Å². The molecule has 116 valence electrons. The van der Waals surface area contributed by atoms with Crippen LogP contribution in [0.25, 0.3) is 0 Å². The van der Waals surface area contributed by atoms with E-state index in [0.717, 1.165) is 12.0 Å². The van der Waals surface area contributed by atoms with E-state index in [2.05, 4.69) is 11.9 Å². The molecule has 3 rings (SSSR count). The van der Waals surface area contributed by atoms with E-state index in [0.29, 0.717) is 24.6 Å². The number of piperidine rings is 1. The van der Waals surface area contributed by atoms with Gasteiger partial charge in [-0.1, -0.05) is 30.3 Å². The van der Waals surface area contributed by atoms with E-state index in [1.54, 1.807) is 7.11 Å². The van der Waals surface area contributed by atoms with Crippen LogP contribution in [0.3, 0.4) is 0 Å². The largest absolute Gasteiger partial charge is 0.384 e. The first-order valence-corrected chi connectivity index (χ1v) is 7.80. The third-order valence-electron chi connectivity index (χ3n) is 5.12. The van der Waals surface area contributed by atoms with Gasteiger partial charge in [0.2, 0.25) is 0 Å². The van der Waals surface area contributed by atoms with Gasteiger partial charge in [0.15, 0.2) is 6.29 Å². The molecule has 0 aromatic heterocycles. The molecule has 2 saturated heterocycles. The quantitative estimate of drug-likeness (QED) is 0.845. The predicted molar refractivity (Wildman–Crippen MR) is 80.8 cm³/mol. The summed E-state index contributed by atoms with van der Waals surface area (Å²) in [6, 6.07) is 10.7. The zero-order valence-corrected chi connectivity index (χ0v) is 12.8. The lowest BCUT2D eigenvalue weighted by Crippen LogP contribution is -2.51. The minimum absolute atomic E-state index is 0.0638. The molecular formula is C17H25NO3. The number of aliphatic hydroxyl groups excluding tert-OH is 1. The number of aliphatic hydroxyl groups is 1. The molecule has 1 N–H and O–H groups in total. The van der Waals surface area contributed by atoms with Crippen molar-refractivity contribution in [3.05, 3.63) is 35.9 Å². The number of hydrogen-bond acceptors (Lipinski definition) is 4. The van der Waals surface area contributed by atoms with Crippen molar-refractivity contribution in [1.29, 1.82) is 0 Å². The molecule has 0 radical (unpaired) electrons. The van der Waals surface area contributed by atoms with E-state index in [1.165, 1.54) is 12.8 Å². The van der Waals surface area contributed by atoms with Crippen LogP contribution in [0.2, 0.25) is 0 Å². The van der Waals surface area contributed by atoms with Crippen molar-refractivity contribution in [2.24, 2.45) is 5.92 Å². The Balaban J connectivity index is 1.71. The maximum absolute atomic E-state index is 10.3. The molecule has 0 spiro atoms. The Morgan fingerprint density at radius 2 is 2.05 bits per heavy atom. The minimum atomic E-state index is -0.849. The van der Waals surface area contributed by atoms with Crippen molar-refractivity contribution in [2.45, 2.75) is 43.7 Å². The Bertz CT molecular complexity index is 453. The fraction of sp³-hybridized carbons (Fsp3) is 0.647. The molecule has 0 aliphatic carbocycles. The number of methoxy groups -OCH3 is 1. The van der Waals surface area contributed by atoms with Crippen LogP contribution in [0, 0.1) is 5.92 Å². The monoisotopic (exact) mass is 291 g/mol. The maximum Gasteiger partial charge on any atom is 0.181 e. The van der Waals surface area contributed by atoms with Crippen molar-refractivity contribution in [1.82, 2.24) is 4.90 Å². The second kappa shape index (κ2) is 6.44. The van der Waals surface area contributed by atoms with Crippen LogP contribution in [0.4, 0.5) is 0 Å². The highest BCUT2D eigenvalue weighted by Crippen LogP contribution is 2.40. The van der Waals surface area contributed by atoms with Crippen LogP contribution in [0.1, 0.15) is 31.1 Å². The van der Waals surface area contributed by atoms with Crippen molar-refractivity contribution in [2.75, 3.05) is 20.8 Å². The third-order valence-corrected chi connectivity index (χ3v) is 5.12. The standard InChI is InChI=1S/C17H25NO3/c1-18-13-8-9-15(18)14(11-20-2)16(10-13)21-17(19)12-6-4-3-5-7-12/h3-7,13-17,19H,8-11H2,1-2H3/t13-,14?,15?,16-,17?/m0/s1. The van der Waals surface area contributed by atoms with Gasteiger partial charge in [-0.3, -0.25) is 4.90 Å². The zero-order chi connectivity index (χ0) is 14.8. The van der Waals surface area contributed by atoms with Gasteiger partial charge in [0, 0.05) is 30.7 Å². The Labute approximate surface area is 126 Å². The molecular weight excluding hydrogens is 266 g/mol. The molecule has 2 bridgehead atoms. The molecule has 2 aliphatic rings. The molecule has 21 heavy (non-hydrogen) atoms. The molecule has 4 heteroatoms. The van der Waals surface area contributed by atoms with Crippen LogP contribution in [0.15, 0.2) is 30.3 Å². The summed E-state index contributed by atoms with van der Waals surface area (Å²) in [6.07, 6.45) is 2.62. The van der Waals surface area contributed by atoms with E-state index in [1.807, 2.05) is 30.3 Å². The lowest BCUT2D eigenvalue weighted by atomic mass is 9.88. The smallest absolute Gasteiger partial charge is 0.181 e.